The summed E-state index contributed by atoms with van der Waals surface area (Å²) in [5, 5.41) is 9.46. The van der Waals surface area contributed by atoms with E-state index in [4.69, 9.17) is 4.74 Å². The van der Waals surface area contributed by atoms with Gasteiger partial charge >= 0.3 is 5.97 Å². The molecule has 0 bridgehead atoms. The van der Waals surface area contributed by atoms with Crippen molar-refractivity contribution in [1.82, 2.24) is 4.90 Å². The van der Waals surface area contributed by atoms with E-state index in [1.807, 2.05) is 32.0 Å². The Bertz CT molecular complexity index is 555. The molecule has 0 aliphatic carbocycles. The van der Waals surface area contributed by atoms with Crippen LogP contribution in [0.2, 0.25) is 0 Å². The van der Waals surface area contributed by atoms with Crippen LogP contribution in [-0.4, -0.2) is 42.1 Å². The Morgan fingerprint density at radius 2 is 2.14 bits per heavy atom. The van der Waals surface area contributed by atoms with E-state index in [0.29, 0.717) is 13.2 Å². The normalized spacial score (nSPS) is 21.9. The third kappa shape index (κ3) is 2.93. The van der Waals surface area contributed by atoms with Gasteiger partial charge in [-0.15, -0.1) is 0 Å². The summed E-state index contributed by atoms with van der Waals surface area (Å²) in [5.74, 6) is -1.74. The van der Waals surface area contributed by atoms with Crippen LogP contribution in [0.15, 0.2) is 18.2 Å². The first kappa shape index (κ1) is 15.5. The lowest BCUT2D eigenvalue weighted by atomic mass is 9.89. The molecular formula is C16H21NO4. The molecule has 2 atom stereocenters. The standard InChI is InChI=1S/C16H21NO4/c1-10-5-4-6-12(11(10)2)15-13(16(19)20)9-14(18)17(15)7-8-21-3/h4-6,13,15H,7-9H2,1-3H3,(H,19,20). The van der Waals surface area contributed by atoms with Gasteiger partial charge in [0.2, 0.25) is 5.91 Å². The van der Waals surface area contributed by atoms with E-state index in [1.54, 1.807) is 12.0 Å². The number of aryl methyl sites for hydroxylation is 1. The summed E-state index contributed by atoms with van der Waals surface area (Å²) in [5.41, 5.74) is 3.07. The predicted molar refractivity (Wildman–Crippen MR) is 78.0 cm³/mol. The molecule has 1 aliphatic heterocycles. The molecule has 0 aromatic heterocycles. The molecule has 1 fully saturated rings. The van der Waals surface area contributed by atoms with Crippen molar-refractivity contribution in [1.29, 1.82) is 0 Å². The van der Waals surface area contributed by atoms with E-state index < -0.39 is 17.9 Å². The predicted octanol–water partition coefficient (Wildman–Crippen LogP) is 1.92. The van der Waals surface area contributed by atoms with Gasteiger partial charge in [-0.25, -0.2) is 0 Å². The van der Waals surface area contributed by atoms with Crippen molar-refractivity contribution in [3.63, 3.8) is 0 Å². The fourth-order valence-electron chi connectivity index (χ4n) is 2.94. The zero-order valence-corrected chi connectivity index (χ0v) is 12.6. The van der Waals surface area contributed by atoms with Crippen LogP contribution in [0.4, 0.5) is 0 Å². The van der Waals surface area contributed by atoms with Crippen LogP contribution in [0.5, 0.6) is 0 Å². The molecule has 5 nitrogen and oxygen atoms in total. The highest BCUT2D eigenvalue weighted by atomic mass is 16.5. The second-order valence-electron chi connectivity index (χ2n) is 5.46. The number of ether oxygens (including phenoxy) is 1. The van der Waals surface area contributed by atoms with Gasteiger partial charge in [-0.1, -0.05) is 18.2 Å². The van der Waals surface area contributed by atoms with Gasteiger partial charge < -0.3 is 14.7 Å². The molecule has 1 heterocycles. The molecule has 1 N–H and O–H groups in total. The quantitative estimate of drug-likeness (QED) is 0.900. The number of carbonyl (C=O) groups excluding carboxylic acids is 1. The Kier molecular flexibility index (Phi) is 4.63. The summed E-state index contributed by atoms with van der Waals surface area (Å²) in [4.78, 5) is 25.4. The summed E-state index contributed by atoms with van der Waals surface area (Å²) >= 11 is 0. The average Bonchev–Trinajstić information content (AvgIpc) is 2.77. The third-order valence-corrected chi connectivity index (χ3v) is 4.25. The van der Waals surface area contributed by atoms with E-state index in [1.165, 1.54) is 0 Å². The van der Waals surface area contributed by atoms with Crippen LogP contribution in [0.3, 0.4) is 0 Å². The number of rotatable bonds is 5. The minimum atomic E-state index is -0.922. The SMILES string of the molecule is COCCN1C(=O)CC(C(=O)O)C1c1cccc(C)c1C. The fourth-order valence-corrected chi connectivity index (χ4v) is 2.94. The highest BCUT2D eigenvalue weighted by Gasteiger charge is 2.44. The second kappa shape index (κ2) is 6.26. The van der Waals surface area contributed by atoms with Crippen molar-refractivity contribution in [3.05, 3.63) is 34.9 Å². The molecular weight excluding hydrogens is 270 g/mol. The van der Waals surface area contributed by atoms with E-state index in [2.05, 4.69) is 0 Å². The van der Waals surface area contributed by atoms with E-state index in [-0.39, 0.29) is 12.3 Å². The molecule has 114 valence electrons. The van der Waals surface area contributed by atoms with E-state index >= 15 is 0 Å². The topological polar surface area (TPSA) is 66.8 Å². The van der Waals surface area contributed by atoms with Gasteiger partial charge in [-0.3, -0.25) is 9.59 Å². The first-order chi connectivity index (χ1) is 9.97. The highest BCUT2D eigenvalue weighted by molar-refractivity contribution is 5.87. The number of aliphatic carboxylic acids is 1. The van der Waals surface area contributed by atoms with Crippen LogP contribution < -0.4 is 0 Å². The Morgan fingerprint density at radius 1 is 1.43 bits per heavy atom. The average molecular weight is 291 g/mol. The van der Waals surface area contributed by atoms with Crippen molar-refractivity contribution in [2.45, 2.75) is 26.3 Å². The molecule has 5 heteroatoms. The molecule has 0 radical (unpaired) electrons. The summed E-state index contributed by atoms with van der Waals surface area (Å²) in [6.07, 6.45) is 0.0527. The smallest absolute Gasteiger partial charge is 0.309 e. The van der Waals surface area contributed by atoms with Crippen molar-refractivity contribution in [3.8, 4) is 0 Å². The summed E-state index contributed by atoms with van der Waals surface area (Å²) in [7, 11) is 1.57. The van der Waals surface area contributed by atoms with Crippen molar-refractivity contribution < 1.29 is 19.4 Å². The number of carboxylic acid groups (broad SMARTS) is 1. The van der Waals surface area contributed by atoms with Gasteiger partial charge in [0.15, 0.2) is 0 Å². The maximum absolute atomic E-state index is 12.2. The zero-order valence-electron chi connectivity index (χ0n) is 12.6. The number of amides is 1. The van der Waals surface area contributed by atoms with Gasteiger partial charge in [0, 0.05) is 20.1 Å². The number of hydrogen-bond acceptors (Lipinski definition) is 3. The first-order valence-corrected chi connectivity index (χ1v) is 7.04. The molecule has 0 spiro atoms. The number of nitrogens with zero attached hydrogens (tertiary/aromatic N) is 1. The number of benzene rings is 1. The minimum absolute atomic E-state index is 0.0527. The van der Waals surface area contributed by atoms with Crippen LogP contribution >= 0.6 is 0 Å². The van der Waals surface area contributed by atoms with Crippen LogP contribution in [0.25, 0.3) is 0 Å². The van der Waals surface area contributed by atoms with Crippen molar-refractivity contribution in [2.75, 3.05) is 20.3 Å². The lowest BCUT2D eigenvalue weighted by molar-refractivity contribution is -0.142. The lowest BCUT2D eigenvalue weighted by Gasteiger charge is -2.28. The molecule has 1 aromatic carbocycles. The summed E-state index contributed by atoms with van der Waals surface area (Å²) in [6.45, 7) is 4.78. The molecule has 0 saturated carbocycles. The third-order valence-electron chi connectivity index (χ3n) is 4.25. The number of carbonyl (C=O) groups is 2. The highest BCUT2D eigenvalue weighted by Crippen LogP contribution is 2.39. The molecule has 21 heavy (non-hydrogen) atoms. The van der Waals surface area contributed by atoms with Gasteiger partial charge in [0.1, 0.15) is 0 Å². The first-order valence-electron chi connectivity index (χ1n) is 7.04. The van der Waals surface area contributed by atoms with Crippen LogP contribution in [0.1, 0.15) is 29.2 Å². The Morgan fingerprint density at radius 3 is 2.76 bits per heavy atom. The van der Waals surface area contributed by atoms with Crippen molar-refractivity contribution in [2.24, 2.45) is 5.92 Å². The lowest BCUT2D eigenvalue weighted by Crippen LogP contribution is -2.33. The number of methoxy groups -OCH3 is 1. The Balaban J connectivity index is 2.44. The summed E-state index contributed by atoms with van der Waals surface area (Å²) < 4.78 is 5.04. The summed E-state index contributed by atoms with van der Waals surface area (Å²) in [6, 6.07) is 5.41. The maximum Gasteiger partial charge on any atom is 0.309 e. The van der Waals surface area contributed by atoms with Crippen molar-refractivity contribution >= 4 is 11.9 Å². The molecule has 2 unspecified atom stereocenters. The largest absolute Gasteiger partial charge is 0.481 e. The van der Waals surface area contributed by atoms with Crippen LogP contribution in [-0.2, 0) is 14.3 Å². The molecule has 1 aliphatic rings. The second-order valence-corrected chi connectivity index (χ2v) is 5.46. The molecule has 1 amide bonds. The monoisotopic (exact) mass is 291 g/mol. The molecule has 2 rings (SSSR count). The zero-order chi connectivity index (χ0) is 15.6. The van der Waals surface area contributed by atoms with Gasteiger partial charge in [-0.2, -0.15) is 0 Å². The number of hydrogen-bond donors (Lipinski definition) is 1. The minimum Gasteiger partial charge on any atom is -0.481 e. The number of carboxylic acids is 1. The van der Waals surface area contributed by atoms with Gasteiger partial charge in [-0.05, 0) is 30.5 Å². The maximum atomic E-state index is 12.2. The van der Waals surface area contributed by atoms with E-state index in [0.717, 1.165) is 16.7 Å². The van der Waals surface area contributed by atoms with Gasteiger partial charge in [0.25, 0.3) is 0 Å². The number of likely N-dealkylation sites (tertiary alicyclic amines) is 1. The Labute approximate surface area is 124 Å². The fraction of sp³-hybridized carbons (Fsp3) is 0.500. The Hall–Kier alpha value is -1.88. The molecule has 1 saturated heterocycles. The van der Waals surface area contributed by atoms with Gasteiger partial charge in [0.05, 0.1) is 18.6 Å². The van der Waals surface area contributed by atoms with E-state index in [9.17, 15) is 14.7 Å². The van der Waals surface area contributed by atoms with Crippen LogP contribution in [0, 0.1) is 19.8 Å². The molecule has 1 aromatic rings.